The van der Waals surface area contributed by atoms with Gasteiger partial charge in [0.1, 0.15) is 0 Å². The first kappa shape index (κ1) is 21.2. The second kappa shape index (κ2) is 7.11. The van der Waals surface area contributed by atoms with Crippen molar-refractivity contribution in [2.75, 3.05) is 13.2 Å². The van der Waals surface area contributed by atoms with Gasteiger partial charge in [0.15, 0.2) is 0 Å². The van der Waals surface area contributed by atoms with Crippen molar-refractivity contribution < 1.29 is 44.3 Å². The molecule has 2 aliphatic rings. The van der Waals surface area contributed by atoms with Gasteiger partial charge >= 0.3 is 23.9 Å². The van der Waals surface area contributed by atoms with Crippen molar-refractivity contribution in [1.29, 1.82) is 0 Å². The molecule has 1 unspecified atom stereocenters. The molecule has 1 atom stereocenters. The summed E-state index contributed by atoms with van der Waals surface area (Å²) in [5, 5.41) is 0. The van der Waals surface area contributed by atoms with Crippen LogP contribution in [0, 0.1) is 5.92 Å². The molecule has 1 heterocycles. The third-order valence-corrected chi connectivity index (χ3v) is 4.58. The number of rotatable bonds is 4. The van der Waals surface area contributed by atoms with Gasteiger partial charge in [0.25, 0.3) is 0 Å². The minimum absolute atomic E-state index is 0.104. The van der Waals surface area contributed by atoms with E-state index in [0.717, 1.165) is 24.8 Å². The molecule has 0 N–H and O–H groups in total. The molecule has 0 aromatic rings. The number of ether oxygens (including phenoxy) is 1. The van der Waals surface area contributed by atoms with Gasteiger partial charge in [-0.2, -0.15) is 39.5 Å². The van der Waals surface area contributed by atoms with E-state index in [1.807, 2.05) is 0 Å². The fraction of sp³-hybridized carbons (Fsp3) is 0.812. The van der Waals surface area contributed by atoms with Crippen LogP contribution in [0.2, 0.25) is 0 Å². The predicted molar refractivity (Wildman–Crippen MR) is 73.4 cm³/mol. The lowest BCUT2D eigenvalue weighted by atomic mass is 9.89. The highest BCUT2D eigenvalue weighted by molar-refractivity contribution is 5.17. The second-order valence-corrected chi connectivity index (χ2v) is 6.58. The van der Waals surface area contributed by atoms with Gasteiger partial charge in [-0.25, -0.2) is 0 Å². The molecular weight excluding hydrogens is 379 g/mol. The van der Waals surface area contributed by atoms with Crippen molar-refractivity contribution in [3.63, 3.8) is 0 Å². The minimum atomic E-state index is -6.85. The maximum atomic E-state index is 13.8. The van der Waals surface area contributed by atoms with E-state index in [9.17, 15) is 39.5 Å². The highest BCUT2D eigenvalue weighted by atomic mass is 19.4. The first-order valence-corrected chi connectivity index (χ1v) is 8.05. The Morgan fingerprint density at radius 3 is 1.96 bits per heavy atom. The zero-order valence-corrected chi connectivity index (χ0v) is 13.5. The average Bonchev–Trinajstić information content (AvgIpc) is 2.93. The first-order chi connectivity index (χ1) is 11.8. The Morgan fingerprint density at radius 1 is 0.846 bits per heavy atom. The molecule has 1 saturated carbocycles. The number of halogens is 9. The molecule has 0 amide bonds. The van der Waals surface area contributed by atoms with Crippen molar-refractivity contribution in [1.82, 2.24) is 0 Å². The van der Waals surface area contributed by atoms with Gasteiger partial charge in [0.05, 0.1) is 13.2 Å². The highest BCUT2D eigenvalue weighted by Gasteiger charge is 2.81. The van der Waals surface area contributed by atoms with E-state index in [2.05, 4.69) is 5.73 Å². The van der Waals surface area contributed by atoms with E-state index < -0.39 is 42.9 Å². The molecule has 0 bridgehead atoms. The maximum Gasteiger partial charge on any atom is 0.460 e. The normalized spacial score (nSPS) is 23.3. The summed E-state index contributed by atoms with van der Waals surface area (Å²) >= 11 is 0. The Bertz CT molecular complexity index is 577. The lowest BCUT2D eigenvalue weighted by molar-refractivity contribution is -0.397. The monoisotopic (exact) mass is 396 g/mol. The fourth-order valence-corrected chi connectivity index (χ4v) is 3.03. The van der Waals surface area contributed by atoms with Crippen LogP contribution < -0.4 is 0 Å². The van der Waals surface area contributed by atoms with Crippen LogP contribution in [0.5, 0.6) is 0 Å². The van der Waals surface area contributed by atoms with Gasteiger partial charge in [-0.3, -0.25) is 0 Å². The van der Waals surface area contributed by atoms with E-state index in [0.29, 0.717) is 12.8 Å². The van der Waals surface area contributed by atoms with Crippen molar-refractivity contribution >= 4 is 0 Å². The zero-order chi connectivity index (χ0) is 19.8. The smallest absolute Gasteiger partial charge is 0.376 e. The molecule has 1 nitrogen and oxygen atoms in total. The van der Waals surface area contributed by atoms with Gasteiger partial charge in [0, 0.05) is 17.9 Å². The average molecular weight is 396 g/mol. The summed E-state index contributed by atoms with van der Waals surface area (Å²) in [6.45, 7) is -0.648. The van der Waals surface area contributed by atoms with Crippen LogP contribution in [0.15, 0.2) is 16.9 Å². The first-order valence-electron chi connectivity index (χ1n) is 8.05. The molecule has 0 radical (unpaired) electrons. The largest absolute Gasteiger partial charge is 0.460 e. The van der Waals surface area contributed by atoms with Crippen LogP contribution >= 0.6 is 0 Å². The second-order valence-electron chi connectivity index (χ2n) is 6.58. The van der Waals surface area contributed by atoms with Gasteiger partial charge in [0.2, 0.25) is 0 Å². The molecule has 10 heteroatoms. The Kier molecular flexibility index (Phi) is 5.78. The van der Waals surface area contributed by atoms with E-state index in [4.69, 9.17) is 4.74 Å². The minimum Gasteiger partial charge on any atom is -0.376 e. The molecule has 26 heavy (non-hydrogen) atoms. The van der Waals surface area contributed by atoms with E-state index >= 15 is 0 Å². The van der Waals surface area contributed by atoms with E-state index in [1.165, 1.54) is 0 Å². The molecular formula is C16H17F9O. The summed E-state index contributed by atoms with van der Waals surface area (Å²) < 4.78 is 122. The summed E-state index contributed by atoms with van der Waals surface area (Å²) in [5.74, 6) is -20.4. The molecule has 2 fully saturated rings. The van der Waals surface area contributed by atoms with E-state index in [1.54, 1.807) is 0 Å². The van der Waals surface area contributed by atoms with Crippen molar-refractivity contribution in [3.05, 3.63) is 16.9 Å². The van der Waals surface area contributed by atoms with Crippen molar-refractivity contribution in [2.45, 2.75) is 62.5 Å². The quantitative estimate of drug-likeness (QED) is 0.424. The summed E-state index contributed by atoms with van der Waals surface area (Å²) in [6, 6.07) is 0. The van der Waals surface area contributed by atoms with Crippen LogP contribution in [-0.4, -0.2) is 37.2 Å². The summed E-state index contributed by atoms with van der Waals surface area (Å²) in [7, 11) is 0. The predicted octanol–water partition coefficient (Wildman–Crippen LogP) is 5.91. The standard InChI is InChI=1S/C16H17F9O/c17-13(18,14(19,20)15(21,22)16(23,24)25)7-12-9-26-8-11(12)6-10-4-2-1-3-5-10/h12H,1-5,7-9H2. The lowest BCUT2D eigenvalue weighted by Gasteiger charge is -2.34. The Morgan fingerprint density at radius 2 is 1.42 bits per heavy atom. The SMILES string of the molecule is FC(F)(F)C(F)(F)C(F)(F)C(F)(F)CC1COCC1=C=C1CCCCC1. The number of alkyl halides is 9. The Labute approximate surface area is 143 Å². The lowest BCUT2D eigenvalue weighted by Crippen LogP contribution is -2.61. The molecule has 0 spiro atoms. The summed E-state index contributed by atoms with van der Waals surface area (Å²) in [5.41, 5.74) is 3.72. The molecule has 2 rings (SSSR count). The Hall–Kier alpha value is -1.15. The molecule has 0 aromatic heterocycles. The van der Waals surface area contributed by atoms with Crippen LogP contribution in [0.3, 0.4) is 0 Å². The molecule has 0 aromatic carbocycles. The van der Waals surface area contributed by atoms with Crippen LogP contribution in [-0.2, 0) is 4.74 Å². The van der Waals surface area contributed by atoms with E-state index in [-0.39, 0.29) is 12.2 Å². The highest BCUT2D eigenvalue weighted by Crippen LogP contribution is 2.55. The maximum absolute atomic E-state index is 13.8. The van der Waals surface area contributed by atoms with Crippen LogP contribution in [0.4, 0.5) is 39.5 Å². The third-order valence-electron chi connectivity index (χ3n) is 4.58. The summed E-state index contributed by atoms with van der Waals surface area (Å²) in [6.07, 6.45) is -4.68. The van der Waals surface area contributed by atoms with Crippen molar-refractivity contribution in [3.8, 4) is 0 Å². The van der Waals surface area contributed by atoms with Gasteiger partial charge in [-0.15, -0.1) is 5.73 Å². The summed E-state index contributed by atoms with van der Waals surface area (Å²) in [4.78, 5) is 0. The van der Waals surface area contributed by atoms with Crippen LogP contribution in [0.1, 0.15) is 38.5 Å². The molecule has 150 valence electrons. The van der Waals surface area contributed by atoms with Gasteiger partial charge < -0.3 is 4.74 Å². The number of hydrogen-bond acceptors (Lipinski definition) is 1. The fourth-order valence-electron chi connectivity index (χ4n) is 3.03. The molecule has 1 aliphatic heterocycles. The van der Waals surface area contributed by atoms with Crippen LogP contribution in [0.25, 0.3) is 0 Å². The van der Waals surface area contributed by atoms with Gasteiger partial charge in [-0.1, -0.05) is 6.42 Å². The Balaban J connectivity index is 2.26. The third kappa shape index (κ3) is 3.91. The number of hydrogen-bond donors (Lipinski definition) is 0. The zero-order valence-electron chi connectivity index (χ0n) is 13.5. The van der Waals surface area contributed by atoms with Gasteiger partial charge in [-0.05, 0) is 31.3 Å². The molecule has 1 saturated heterocycles. The molecule has 1 aliphatic carbocycles. The topological polar surface area (TPSA) is 9.23 Å². The van der Waals surface area contributed by atoms with Crippen molar-refractivity contribution in [2.24, 2.45) is 5.92 Å².